The Morgan fingerprint density at radius 3 is 2.81 bits per heavy atom. The second-order valence-electron chi connectivity index (χ2n) is 6.04. The first-order valence-electron chi connectivity index (χ1n) is 8.80. The number of thiazole rings is 1. The fourth-order valence-corrected chi connectivity index (χ4v) is 4.07. The molecule has 0 aliphatic carbocycles. The lowest BCUT2D eigenvalue weighted by atomic mass is 10.4. The molecule has 0 spiro atoms. The maximum Gasteiger partial charge on any atom is 0.193 e. The highest BCUT2D eigenvalue weighted by Crippen LogP contribution is 2.21. The number of rotatable bonds is 9. The lowest BCUT2D eigenvalue weighted by molar-refractivity contribution is 0.119. The fraction of sp³-hybridized carbons (Fsp3) is 0.474. The van der Waals surface area contributed by atoms with E-state index < -0.39 is 0 Å². The van der Waals surface area contributed by atoms with Gasteiger partial charge >= 0.3 is 0 Å². The lowest BCUT2D eigenvalue weighted by Gasteiger charge is -2.21. The van der Waals surface area contributed by atoms with Crippen molar-refractivity contribution >= 4 is 29.1 Å². The Morgan fingerprint density at radius 2 is 2.15 bits per heavy atom. The molecule has 1 N–H and O–H groups in total. The van der Waals surface area contributed by atoms with Gasteiger partial charge in [0.15, 0.2) is 5.96 Å². The Labute approximate surface area is 169 Å². The molecular weight excluding hydrogens is 383 g/mol. The van der Waals surface area contributed by atoms with Crippen molar-refractivity contribution in [1.29, 1.82) is 0 Å². The van der Waals surface area contributed by atoms with Crippen LogP contribution < -0.4 is 5.32 Å². The van der Waals surface area contributed by atoms with Crippen molar-refractivity contribution in [2.45, 2.75) is 30.9 Å². The molecule has 1 heterocycles. The van der Waals surface area contributed by atoms with Crippen molar-refractivity contribution < 1.29 is 9.13 Å². The van der Waals surface area contributed by atoms with Gasteiger partial charge in [0, 0.05) is 38.0 Å². The average molecular weight is 411 g/mol. The van der Waals surface area contributed by atoms with E-state index >= 15 is 0 Å². The van der Waals surface area contributed by atoms with Crippen molar-refractivity contribution in [3.8, 4) is 0 Å². The first-order valence-corrected chi connectivity index (χ1v) is 10.7. The maximum absolute atomic E-state index is 12.9. The van der Waals surface area contributed by atoms with Crippen LogP contribution in [-0.2, 0) is 11.3 Å². The zero-order chi connectivity index (χ0) is 19.6. The Morgan fingerprint density at radius 1 is 1.41 bits per heavy atom. The number of aromatic nitrogens is 1. The van der Waals surface area contributed by atoms with Gasteiger partial charge in [-0.1, -0.05) is 0 Å². The van der Waals surface area contributed by atoms with Crippen LogP contribution in [0.4, 0.5) is 4.39 Å². The molecule has 8 heteroatoms. The van der Waals surface area contributed by atoms with Gasteiger partial charge in [0.25, 0.3) is 0 Å². The summed E-state index contributed by atoms with van der Waals surface area (Å²) in [6, 6.07) is 6.61. The number of aliphatic imine (C=N–C) groups is 1. The Bertz CT molecular complexity index is 721. The van der Waals surface area contributed by atoms with E-state index in [4.69, 9.17) is 4.74 Å². The van der Waals surface area contributed by atoms with Crippen LogP contribution in [0.3, 0.4) is 0 Å². The zero-order valence-electron chi connectivity index (χ0n) is 16.2. The van der Waals surface area contributed by atoms with Crippen LogP contribution in [0.2, 0.25) is 0 Å². The summed E-state index contributed by atoms with van der Waals surface area (Å²) in [6.45, 7) is 3.52. The summed E-state index contributed by atoms with van der Waals surface area (Å²) in [7, 11) is 5.48. The quantitative estimate of drug-likeness (QED) is 0.291. The van der Waals surface area contributed by atoms with E-state index in [0.717, 1.165) is 40.3 Å². The number of nitrogens with one attached hydrogen (secondary N) is 1. The smallest absolute Gasteiger partial charge is 0.193 e. The molecule has 0 radical (unpaired) electrons. The van der Waals surface area contributed by atoms with Crippen LogP contribution in [0.1, 0.15) is 30.2 Å². The molecule has 2 aromatic rings. The van der Waals surface area contributed by atoms with Crippen LogP contribution in [0.15, 0.2) is 39.5 Å². The number of benzene rings is 1. The number of guanidine groups is 1. The maximum atomic E-state index is 12.9. The molecule has 1 aromatic carbocycles. The van der Waals surface area contributed by atoms with Crippen LogP contribution in [0.25, 0.3) is 0 Å². The molecule has 1 unspecified atom stereocenters. The topological polar surface area (TPSA) is 49.8 Å². The largest absolute Gasteiger partial charge is 0.375 e. The van der Waals surface area contributed by atoms with Gasteiger partial charge in [0.2, 0.25) is 0 Å². The molecule has 0 bridgehead atoms. The number of hydrogen-bond acceptors (Lipinski definition) is 5. The minimum atomic E-state index is -0.197. The SMILES string of the molecule is CN=C(NCCCSc1ccc(F)cc1)N(C)Cc1csc(C(C)OC)n1. The third-order valence-electron chi connectivity index (χ3n) is 3.93. The van der Waals surface area contributed by atoms with Gasteiger partial charge in [-0.2, -0.15) is 0 Å². The van der Waals surface area contributed by atoms with Crippen LogP contribution in [0, 0.1) is 5.82 Å². The molecule has 1 atom stereocenters. The minimum Gasteiger partial charge on any atom is -0.375 e. The minimum absolute atomic E-state index is 0.0186. The van der Waals surface area contributed by atoms with Gasteiger partial charge in [0.05, 0.1) is 12.2 Å². The highest BCUT2D eigenvalue weighted by atomic mass is 32.2. The molecule has 0 fully saturated rings. The van der Waals surface area contributed by atoms with E-state index in [-0.39, 0.29) is 11.9 Å². The fourth-order valence-electron chi connectivity index (χ4n) is 2.38. The molecule has 0 aliphatic heterocycles. The monoisotopic (exact) mass is 410 g/mol. The summed E-state index contributed by atoms with van der Waals surface area (Å²) in [4.78, 5) is 12.1. The Kier molecular flexibility index (Phi) is 9.03. The summed E-state index contributed by atoms with van der Waals surface area (Å²) in [6.07, 6.45) is 1.01. The lowest BCUT2D eigenvalue weighted by Crippen LogP contribution is -2.39. The molecule has 148 valence electrons. The third kappa shape index (κ3) is 7.12. The van der Waals surface area contributed by atoms with E-state index in [1.165, 1.54) is 12.1 Å². The van der Waals surface area contributed by atoms with Crippen molar-refractivity contribution in [2.24, 2.45) is 4.99 Å². The molecule has 5 nitrogen and oxygen atoms in total. The predicted molar refractivity (Wildman–Crippen MR) is 112 cm³/mol. The van der Waals surface area contributed by atoms with Crippen molar-refractivity contribution in [2.75, 3.05) is 33.5 Å². The molecule has 27 heavy (non-hydrogen) atoms. The van der Waals surface area contributed by atoms with Crippen LogP contribution >= 0.6 is 23.1 Å². The van der Waals surface area contributed by atoms with Crippen LogP contribution in [0.5, 0.6) is 0 Å². The number of methoxy groups -OCH3 is 1. The molecule has 0 aliphatic rings. The first-order chi connectivity index (χ1) is 13.0. The van der Waals surface area contributed by atoms with E-state index in [1.807, 2.05) is 26.1 Å². The molecule has 0 saturated heterocycles. The summed E-state index contributed by atoms with van der Waals surface area (Å²) < 4.78 is 18.2. The molecule has 2 rings (SSSR count). The average Bonchev–Trinajstić information content (AvgIpc) is 3.13. The van der Waals surface area contributed by atoms with E-state index in [9.17, 15) is 4.39 Å². The number of ether oxygens (including phenoxy) is 1. The van der Waals surface area contributed by atoms with Gasteiger partial charge in [-0.15, -0.1) is 23.1 Å². The predicted octanol–water partition coefficient (Wildman–Crippen LogP) is 4.18. The number of halogens is 1. The van der Waals surface area contributed by atoms with Gasteiger partial charge in [0.1, 0.15) is 16.9 Å². The van der Waals surface area contributed by atoms with Crippen molar-refractivity contribution in [1.82, 2.24) is 15.2 Å². The highest BCUT2D eigenvalue weighted by molar-refractivity contribution is 7.99. The molecule has 0 amide bonds. The summed E-state index contributed by atoms with van der Waals surface area (Å²) in [5, 5.41) is 6.43. The van der Waals surface area contributed by atoms with E-state index in [1.54, 1.807) is 37.3 Å². The summed E-state index contributed by atoms with van der Waals surface area (Å²) in [5.41, 5.74) is 1.01. The first kappa shape index (κ1) is 21.7. The second-order valence-corrected chi connectivity index (χ2v) is 8.10. The Balaban J connectivity index is 1.72. The van der Waals surface area contributed by atoms with Gasteiger partial charge in [-0.25, -0.2) is 9.37 Å². The molecular formula is C19H27FN4OS2. The Hall–Kier alpha value is -1.64. The third-order valence-corrected chi connectivity index (χ3v) is 6.08. The van der Waals surface area contributed by atoms with Crippen molar-refractivity contribution in [3.05, 3.63) is 46.2 Å². The molecule has 1 aromatic heterocycles. The van der Waals surface area contributed by atoms with Gasteiger partial charge < -0.3 is 15.0 Å². The summed E-state index contributed by atoms with van der Waals surface area (Å²) >= 11 is 3.34. The van der Waals surface area contributed by atoms with Crippen LogP contribution in [-0.4, -0.2) is 49.3 Å². The number of thioether (sulfide) groups is 1. The number of nitrogens with zero attached hydrogens (tertiary/aromatic N) is 3. The second kappa shape index (κ2) is 11.3. The standard InChI is InChI=1S/C19H27FN4OS2/c1-14(25-4)18-23-16(13-27-18)12-24(3)19(21-2)22-10-5-11-26-17-8-6-15(20)7-9-17/h6-9,13-14H,5,10-12H2,1-4H3,(H,21,22). The normalized spacial score (nSPS) is 12.9. The van der Waals surface area contributed by atoms with E-state index in [2.05, 4.69) is 25.6 Å². The highest BCUT2D eigenvalue weighted by Gasteiger charge is 2.12. The van der Waals surface area contributed by atoms with Gasteiger partial charge in [-0.3, -0.25) is 4.99 Å². The van der Waals surface area contributed by atoms with Crippen molar-refractivity contribution in [3.63, 3.8) is 0 Å². The summed E-state index contributed by atoms with van der Waals surface area (Å²) in [5.74, 6) is 1.61. The number of hydrogen-bond donors (Lipinski definition) is 1. The molecule has 0 saturated carbocycles. The van der Waals surface area contributed by atoms with Gasteiger partial charge in [-0.05, 0) is 43.4 Å². The zero-order valence-corrected chi connectivity index (χ0v) is 17.9. The van der Waals surface area contributed by atoms with E-state index in [0.29, 0.717) is 6.54 Å².